The molecule has 0 saturated carbocycles. The second-order valence-electron chi connectivity index (χ2n) is 8.82. The Morgan fingerprint density at radius 3 is 2.33 bits per heavy atom. The van der Waals surface area contributed by atoms with Crippen molar-refractivity contribution in [3.63, 3.8) is 0 Å². The summed E-state index contributed by atoms with van der Waals surface area (Å²) in [7, 11) is 0. The molecule has 3 aliphatic heterocycles. The first-order valence-electron chi connectivity index (χ1n) is 11.4. The molecule has 1 saturated heterocycles. The lowest BCUT2D eigenvalue weighted by atomic mass is 9.95. The summed E-state index contributed by atoms with van der Waals surface area (Å²) >= 11 is 6.01. The molecule has 0 spiro atoms. The van der Waals surface area contributed by atoms with Crippen LogP contribution in [0.15, 0.2) is 36.4 Å². The lowest BCUT2D eigenvalue weighted by Crippen LogP contribution is -2.46. The topological polar surface area (TPSA) is 26.8 Å². The molecule has 3 aliphatic rings. The number of aryl methyl sites for hydroxylation is 2. The maximum absolute atomic E-state index is 12.1. The number of piperazine rings is 1. The summed E-state index contributed by atoms with van der Waals surface area (Å²) in [4.78, 5) is 19.2. The highest BCUT2D eigenvalue weighted by Crippen LogP contribution is 2.37. The lowest BCUT2D eigenvalue weighted by Gasteiger charge is -2.36. The first-order chi connectivity index (χ1) is 14.7. The van der Waals surface area contributed by atoms with Crippen molar-refractivity contribution in [3.05, 3.63) is 58.1 Å². The third-order valence-corrected chi connectivity index (χ3v) is 7.12. The second-order valence-corrected chi connectivity index (χ2v) is 9.26. The predicted octanol–water partition coefficient (Wildman–Crippen LogP) is 4.32. The van der Waals surface area contributed by atoms with E-state index in [1.807, 2.05) is 17.0 Å². The molecule has 1 amide bonds. The van der Waals surface area contributed by atoms with Gasteiger partial charge in [-0.2, -0.15) is 0 Å². The van der Waals surface area contributed by atoms with Crippen molar-refractivity contribution < 1.29 is 4.79 Å². The number of rotatable bonds is 6. The summed E-state index contributed by atoms with van der Waals surface area (Å²) in [5, 5.41) is 0.802. The van der Waals surface area contributed by atoms with Gasteiger partial charge in [0.25, 0.3) is 0 Å². The minimum absolute atomic E-state index is 0.310. The Bertz CT molecular complexity index is 919. The summed E-state index contributed by atoms with van der Waals surface area (Å²) in [6, 6.07) is 12.9. The number of hydrogen-bond donors (Lipinski definition) is 0. The second kappa shape index (κ2) is 8.60. The van der Waals surface area contributed by atoms with E-state index >= 15 is 0 Å². The van der Waals surface area contributed by atoms with Gasteiger partial charge in [-0.1, -0.05) is 23.7 Å². The van der Waals surface area contributed by atoms with E-state index < -0.39 is 0 Å². The van der Waals surface area contributed by atoms with E-state index in [-0.39, 0.29) is 0 Å². The Morgan fingerprint density at radius 1 is 0.833 bits per heavy atom. The molecule has 158 valence electrons. The van der Waals surface area contributed by atoms with Gasteiger partial charge in [0.15, 0.2) is 0 Å². The van der Waals surface area contributed by atoms with Gasteiger partial charge in [-0.15, -0.1) is 0 Å². The van der Waals surface area contributed by atoms with E-state index in [1.54, 1.807) is 0 Å². The number of unbranched alkanes of at least 4 members (excludes halogenated alkanes) is 1. The monoisotopic (exact) mass is 423 g/mol. The van der Waals surface area contributed by atoms with Gasteiger partial charge < -0.3 is 9.80 Å². The van der Waals surface area contributed by atoms with E-state index in [0.717, 1.165) is 57.0 Å². The number of carbonyl (C=O) groups is 1. The van der Waals surface area contributed by atoms with Gasteiger partial charge in [0.1, 0.15) is 0 Å². The molecule has 30 heavy (non-hydrogen) atoms. The van der Waals surface area contributed by atoms with Crippen LogP contribution in [0.25, 0.3) is 0 Å². The molecule has 0 radical (unpaired) electrons. The number of amides is 1. The molecule has 0 aliphatic carbocycles. The van der Waals surface area contributed by atoms with Gasteiger partial charge in [-0.25, -0.2) is 0 Å². The Balaban J connectivity index is 1.08. The minimum Gasteiger partial charge on any atom is -0.369 e. The Kier molecular flexibility index (Phi) is 5.70. The first kappa shape index (κ1) is 19.9. The SMILES string of the molecule is O=C1CCc2cc(CCCCN3CCN(c4ccc(Cl)cc4)CC3)cc3c2N1CC3. The fourth-order valence-corrected chi connectivity index (χ4v) is 5.35. The number of carbonyl (C=O) groups excluding carboxylic acids is 1. The van der Waals surface area contributed by atoms with Crippen LogP contribution in [-0.4, -0.2) is 50.1 Å². The van der Waals surface area contributed by atoms with Crippen molar-refractivity contribution in [2.45, 2.75) is 38.5 Å². The normalized spacial score (nSPS) is 18.8. The molecule has 2 aromatic rings. The maximum Gasteiger partial charge on any atom is 0.227 e. The highest BCUT2D eigenvalue weighted by atomic mass is 35.5. The summed E-state index contributed by atoms with van der Waals surface area (Å²) in [5.74, 6) is 0.310. The standard InChI is InChI=1S/C25H30ClN3O/c26-22-5-7-23(8-6-22)28-15-13-27(14-16-28)11-2-1-3-19-17-20-4-9-24(30)29-12-10-21(18-19)25(20)29/h5-8,17-18H,1-4,9-16H2. The number of benzene rings is 2. The molecular weight excluding hydrogens is 394 g/mol. The van der Waals surface area contributed by atoms with Gasteiger partial charge in [0.05, 0.1) is 5.69 Å². The first-order valence-corrected chi connectivity index (χ1v) is 11.7. The number of hydrogen-bond acceptors (Lipinski definition) is 3. The molecule has 1 fully saturated rings. The van der Waals surface area contributed by atoms with Crippen molar-refractivity contribution in [1.82, 2.24) is 4.90 Å². The van der Waals surface area contributed by atoms with Crippen LogP contribution in [0.2, 0.25) is 5.02 Å². The number of nitrogens with zero attached hydrogens (tertiary/aromatic N) is 3. The van der Waals surface area contributed by atoms with E-state index in [9.17, 15) is 4.79 Å². The van der Waals surface area contributed by atoms with Gasteiger partial charge in [-0.3, -0.25) is 9.69 Å². The van der Waals surface area contributed by atoms with Crippen molar-refractivity contribution in [3.8, 4) is 0 Å². The maximum atomic E-state index is 12.1. The van der Waals surface area contributed by atoms with Gasteiger partial charge in [0, 0.05) is 49.9 Å². The Labute approximate surface area is 184 Å². The average Bonchev–Trinajstić information content (AvgIpc) is 3.20. The number of anilines is 2. The third kappa shape index (κ3) is 4.08. The third-order valence-electron chi connectivity index (χ3n) is 6.87. The van der Waals surface area contributed by atoms with Crippen LogP contribution in [0.1, 0.15) is 36.0 Å². The molecule has 3 heterocycles. The predicted molar refractivity (Wildman–Crippen MR) is 124 cm³/mol. The molecule has 0 N–H and O–H groups in total. The summed E-state index contributed by atoms with van der Waals surface area (Å²) in [6.45, 7) is 6.52. The zero-order valence-electron chi connectivity index (χ0n) is 17.6. The van der Waals surface area contributed by atoms with Crippen molar-refractivity contribution in [2.75, 3.05) is 49.1 Å². The van der Waals surface area contributed by atoms with Gasteiger partial charge >= 0.3 is 0 Å². The summed E-state index contributed by atoms with van der Waals surface area (Å²) in [6.07, 6.45) is 6.26. The zero-order chi connectivity index (χ0) is 20.5. The Hall–Kier alpha value is -2.04. The van der Waals surface area contributed by atoms with Crippen LogP contribution in [0.4, 0.5) is 11.4 Å². The quantitative estimate of drug-likeness (QED) is 0.647. The molecule has 0 unspecified atom stereocenters. The molecular formula is C25H30ClN3O. The fraction of sp³-hybridized carbons (Fsp3) is 0.480. The Morgan fingerprint density at radius 2 is 1.57 bits per heavy atom. The molecule has 5 rings (SSSR count). The van der Waals surface area contributed by atoms with Crippen molar-refractivity contribution >= 4 is 28.9 Å². The molecule has 2 aromatic carbocycles. The van der Waals surface area contributed by atoms with Crippen molar-refractivity contribution in [1.29, 1.82) is 0 Å². The highest BCUT2D eigenvalue weighted by molar-refractivity contribution is 6.30. The van der Waals surface area contributed by atoms with Crippen LogP contribution in [-0.2, 0) is 24.1 Å². The van der Waals surface area contributed by atoms with Gasteiger partial charge in [0.2, 0.25) is 5.91 Å². The minimum atomic E-state index is 0.310. The fourth-order valence-electron chi connectivity index (χ4n) is 5.22. The molecule has 5 heteroatoms. The van der Waals surface area contributed by atoms with Crippen LogP contribution in [0, 0.1) is 0 Å². The lowest BCUT2D eigenvalue weighted by molar-refractivity contribution is -0.118. The zero-order valence-corrected chi connectivity index (χ0v) is 18.3. The van der Waals surface area contributed by atoms with Crippen LogP contribution < -0.4 is 9.80 Å². The molecule has 0 atom stereocenters. The number of halogens is 1. The average molecular weight is 424 g/mol. The van der Waals surface area contributed by atoms with Crippen LogP contribution in [0.3, 0.4) is 0 Å². The summed E-state index contributed by atoms with van der Waals surface area (Å²) < 4.78 is 0. The van der Waals surface area contributed by atoms with Gasteiger partial charge in [-0.05, 0) is 79.6 Å². The largest absolute Gasteiger partial charge is 0.369 e. The van der Waals surface area contributed by atoms with E-state index in [2.05, 4.69) is 34.1 Å². The van der Waals surface area contributed by atoms with E-state index in [0.29, 0.717) is 12.3 Å². The van der Waals surface area contributed by atoms with Crippen LogP contribution in [0.5, 0.6) is 0 Å². The molecule has 0 aromatic heterocycles. The van der Waals surface area contributed by atoms with E-state index in [1.165, 1.54) is 47.5 Å². The molecule has 4 nitrogen and oxygen atoms in total. The van der Waals surface area contributed by atoms with E-state index in [4.69, 9.17) is 11.6 Å². The van der Waals surface area contributed by atoms with Crippen LogP contribution >= 0.6 is 11.6 Å². The highest BCUT2D eigenvalue weighted by Gasteiger charge is 2.31. The van der Waals surface area contributed by atoms with Crippen molar-refractivity contribution in [2.24, 2.45) is 0 Å². The summed E-state index contributed by atoms with van der Waals surface area (Å²) in [5.41, 5.74) is 6.78. The smallest absolute Gasteiger partial charge is 0.227 e. The molecule has 0 bridgehead atoms.